The molecule has 0 heterocycles. The Morgan fingerprint density at radius 3 is 2.50 bits per heavy atom. The summed E-state index contributed by atoms with van der Waals surface area (Å²) in [6.07, 6.45) is 1.54. The summed E-state index contributed by atoms with van der Waals surface area (Å²) in [5.41, 5.74) is 9.91. The molecule has 126 valence electrons. The quantitative estimate of drug-likeness (QED) is 0.465. The zero-order chi connectivity index (χ0) is 17.4. The number of rotatable bonds is 7. The van der Waals surface area contributed by atoms with E-state index < -0.39 is 0 Å². The SMILES string of the molecule is CCOc1ccc(/C=N\NC(=O)c2ccc(N)cc2)c(OCC)c1. The van der Waals surface area contributed by atoms with E-state index in [2.05, 4.69) is 10.5 Å². The Balaban J connectivity index is 2.07. The standard InChI is InChI=1S/C18H21N3O3/c1-3-23-16-10-7-14(17(11-16)24-4-2)12-20-21-18(22)13-5-8-15(19)9-6-13/h5-12H,3-4,19H2,1-2H3,(H,21,22)/b20-12-. The van der Waals surface area contributed by atoms with Crippen LogP contribution in [-0.2, 0) is 0 Å². The lowest BCUT2D eigenvalue weighted by Crippen LogP contribution is -2.17. The molecule has 2 aromatic carbocycles. The maximum absolute atomic E-state index is 12.0. The highest BCUT2D eigenvalue weighted by atomic mass is 16.5. The van der Waals surface area contributed by atoms with Crippen LogP contribution in [0.5, 0.6) is 11.5 Å². The van der Waals surface area contributed by atoms with Gasteiger partial charge in [-0.1, -0.05) is 0 Å². The van der Waals surface area contributed by atoms with E-state index >= 15 is 0 Å². The number of benzene rings is 2. The second kappa shape index (κ2) is 8.57. The average molecular weight is 327 g/mol. The Bertz CT molecular complexity index is 712. The van der Waals surface area contributed by atoms with Crippen LogP contribution in [0.4, 0.5) is 5.69 Å². The molecular weight excluding hydrogens is 306 g/mol. The van der Waals surface area contributed by atoms with E-state index in [4.69, 9.17) is 15.2 Å². The molecule has 2 aromatic rings. The van der Waals surface area contributed by atoms with E-state index in [-0.39, 0.29) is 5.91 Å². The number of nitrogens with two attached hydrogens (primary N) is 1. The van der Waals surface area contributed by atoms with Gasteiger partial charge in [-0.3, -0.25) is 4.79 Å². The highest BCUT2D eigenvalue weighted by Gasteiger charge is 2.06. The maximum Gasteiger partial charge on any atom is 0.271 e. The van der Waals surface area contributed by atoms with Gasteiger partial charge in [0.25, 0.3) is 5.91 Å². The lowest BCUT2D eigenvalue weighted by molar-refractivity contribution is 0.0955. The van der Waals surface area contributed by atoms with Crippen molar-refractivity contribution in [2.24, 2.45) is 5.10 Å². The first kappa shape index (κ1) is 17.3. The van der Waals surface area contributed by atoms with Crippen LogP contribution in [0.3, 0.4) is 0 Å². The van der Waals surface area contributed by atoms with Gasteiger partial charge < -0.3 is 15.2 Å². The molecule has 24 heavy (non-hydrogen) atoms. The van der Waals surface area contributed by atoms with Gasteiger partial charge in [0.1, 0.15) is 11.5 Å². The number of hydrogen-bond donors (Lipinski definition) is 2. The van der Waals surface area contributed by atoms with Gasteiger partial charge in [-0.15, -0.1) is 0 Å². The molecule has 1 amide bonds. The minimum atomic E-state index is -0.310. The molecule has 0 saturated heterocycles. The van der Waals surface area contributed by atoms with E-state index in [9.17, 15) is 4.79 Å². The Hall–Kier alpha value is -3.02. The van der Waals surface area contributed by atoms with Gasteiger partial charge in [0, 0.05) is 22.9 Å². The minimum absolute atomic E-state index is 0.310. The molecule has 0 unspecified atom stereocenters. The number of hydrazone groups is 1. The molecule has 3 N–H and O–H groups in total. The van der Waals surface area contributed by atoms with Crippen LogP contribution in [0, 0.1) is 0 Å². The first-order chi connectivity index (χ1) is 11.6. The third kappa shape index (κ3) is 4.74. The van der Waals surface area contributed by atoms with E-state index in [1.807, 2.05) is 26.0 Å². The largest absolute Gasteiger partial charge is 0.494 e. The molecule has 6 heteroatoms. The molecule has 6 nitrogen and oxygen atoms in total. The van der Waals surface area contributed by atoms with E-state index in [1.165, 1.54) is 6.21 Å². The summed E-state index contributed by atoms with van der Waals surface area (Å²) in [5, 5.41) is 3.98. The summed E-state index contributed by atoms with van der Waals surface area (Å²) < 4.78 is 11.0. The van der Waals surface area contributed by atoms with E-state index in [1.54, 1.807) is 30.3 Å². The number of amides is 1. The predicted octanol–water partition coefficient (Wildman–Crippen LogP) is 2.83. The van der Waals surface area contributed by atoms with Crippen molar-refractivity contribution in [1.29, 1.82) is 0 Å². The first-order valence-electron chi connectivity index (χ1n) is 7.72. The fraction of sp³-hybridized carbons (Fsp3) is 0.222. The van der Waals surface area contributed by atoms with Gasteiger partial charge in [-0.05, 0) is 50.2 Å². The van der Waals surface area contributed by atoms with Crippen LogP contribution in [0.25, 0.3) is 0 Å². The average Bonchev–Trinajstić information content (AvgIpc) is 2.58. The van der Waals surface area contributed by atoms with Gasteiger partial charge in [0.15, 0.2) is 0 Å². The fourth-order valence-electron chi connectivity index (χ4n) is 2.02. The highest BCUT2D eigenvalue weighted by molar-refractivity contribution is 5.95. The molecule has 0 fully saturated rings. The summed E-state index contributed by atoms with van der Waals surface area (Å²) in [4.78, 5) is 12.0. The monoisotopic (exact) mass is 327 g/mol. The lowest BCUT2D eigenvalue weighted by atomic mass is 10.2. The first-order valence-corrected chi connectivity index (χ1v) is 7.72. The third-order valence-electron chi connectivity index (χ3n) is 3.14. The van der Waals surface area contributed by atoms with Gasteiger partial charge >= 0.3 is 0 Å². The molecule has 0 radical (unpaired) electrons. The molecule has 2 rings (SSSR count). The van der Waals surface area contributed by atoms with E-state index in [0.29, 0.717) is 30.2 Å². The number of nitrogens with one attached hydrogen (secondary N) is 1. The van der Waals surface area contributed by atoms with Crippen molar-refractivity contribution in [1.82, 2.24) is 5.43 Å². The van der Waals surface area contributed by atoms with Crippen molar-refractivity contribution in [3.05, 3.63) is 53.6 Å². The highest BCUT2D eigenvalue weighted by Crippen LogP contribution is 2.23. The lowest BCUT2D eigenvalue weighted by Gasteiger charge is -2.10. The smallest absolute Gasteiger partial charge is 0.271 e. The molecule has 0 spiro atoms. The molecule has 0 aliphatic carbocycles. The van der Waals surface area contributed by atoms with Crippen molar-refractivity contribution in [2.75, 3.05) is 18.9 Å². The van der Waals surface area contributed by atoms with Gasteiger partial charge in [0.05, 0.1) is 19.4 Å². The van der Waals surface area contributed by atoms with Gasteiger partial charge in [0.2, 0.25) is 0 Å². The summed E-state index contributed by atoms with van der Waals surface area (Å²) in [6, 6.07) is 12.1. The van der Waals surface area contributed by atoms with Crippen molar-refractivity contribution >= 4 is 17.8 Å². The second-order valence-corrected chi connectivity index (χ2v) is 4.89. The van der Waals surface area contributed by atoms with Crippen molar-refractivity contribution in [2.45, 2.75) is 13.8 Å². The summed E-state index contributed by atoms with van der Waals surface area (Å²) in [7, 11) is 0. The zero-order valence-corrected chi connectivity index (χ0v) is 13.8. The van der Waals surface area contributed by atoms with Gasteiger partial charge in [-0.2, -0.15) is 5.10 Å². The third-order valence-corrected chi connectivity index (χ3v) is 3.14. The Labute approximate surface area is 141 Å². The molecule has 0 aromatic heterocycles. The molecule has 0 aliphatic rings. The summed E-state index contributed by atoms with van der Waals surface area (Å²) >= 11 is 0. The summed E-state index contributed by atoms with van der Waals surface area (Å²) in [5.74, 6) is 1.06. The normalized spacial score (nSPS) is 10.6. The zero-order valence-electron chi connectivity index (χ0n) is 13.8. The molecule has 0 bridgehead atoms. The van der Waals surface area contributed by atoms with Crippen LogP contribution in [0.2, 0.25) is 0 Å². The molecule has 0 saturated carbocycles. The van der Waals surface area contributed by atoms with Crippen molar-refractivity contribution in [3.63, 3.8) is 0 Å². The number of hydrogen-bond acceptors (Lipinski definition) is 5. The Kier molecular flexibility index (Phi) is 6.19. The minimum Gasteiger partial charge on any atom is -0.494 e. The maximum atomic E-state index is 12.0. The topological polar surface area (TPSA) is 85.9 Å². The van der Waals surface area contributed by atoms with Crippen molar-refractivity contribution in [3.8, 4) is 11.5 Å². The number of nitrogens with zero attached hydrogens (tertiary/aromatic N) is 1. The number of carbonyl (C=O) groups is 1. The van der Waals surface area contributed by atoms with Crippen molar-refractivity contribution < 1.29 is 14.3 Å². The summed E-state index contributed by atoms with van der Waals surface area (Å²) in [6.45, 7) is 4.92. The Morgan fingerprint density at radius 2 is 1.83 bits per heavy atom. The molecule has 0 atom stereocenters. The molecule has 0 aliphatic heterocycles. The van der Waals surface area contributed by atoms with Crippen LogP contribution < -0.4 is 20.6 Å². The number of anilines is 1. The predicted molar refractivity (Wildman–Crippen MR) is 94.7 cm³/mol. The van der Waals surface area contributed by atoms with Crippen LogP contribution in [-0.4, -0.2) is 25.3 Å². The molecular formula is C18H21N3O3. The van der Waals surface area contributed by atoms with Gasteiger partial charge in [-0.25, -0.2) is 5.43 Å². The number of nitrogen functional groups attached to an aromatic ring is 1. The van der Waals surface area contributed by atoms with Crippen LogP contribution in [0.15, 0.2) is 47.6 Å². The number of ether oxygens (including phenoxy) is 2. The Morgan fingerprint density at radius 1 is 1.12 bits per heavy atom. The fourth-order valence-corrected chi connectivity index (χ4v) is 2.02. The van der Waals surface area contributed by atoms with Crippen LogP contribution >= 0.6 is 0 Å². The number of carbonyl (C=O) groups excluding carboxylic acids is 1. The second-order valence-electron chi connectivity index (χ2n) is 4.89. The van der Waals surface area contributed by atoms with Crippen LogP contribution in [0.1, 0.15) is 29.8 Å². The van der Waals surface area contributed by atoms with E-state index in [0.717, 1.165) is 11.3 Å².